The molecular weight excluding hydrogens is 430 g/mol. The van der Waals surface area contributed by atoms with Gasteiger partial charge in [0.1, 0.15) is 6.54 Å². The van der Waals surface area contributed by atoms with E-state index in [1.807, 2.05) is 19.9 Å². The Hall–Kier alpha value is -4.29. The van der Waals surface area contributed by atoms with Crippen molar-refractivity contribution < 1.29 is 4.79 Å². The minimum absolute atomic E-state index is 0.148. The zero-order valence-corrected chi connectivity index (χ0v) is 18.6. The van der Waals surface area contributed by atoms with Crippen LogP contribution in [0.25, 0.3) is 17.0 Å². The van der Waals surface area contributed by atoms with Gasteiger partial charge in [0.05, 0.1) is 18.6 Å². The number of imidazole rings is 1. The molecule has 0 aromatic carbocycles. The fraction of sp³-hybridized carbons (Fsp3) is 0.350. The Morgan fingerprint density at radius 2 is 1.82 bits per heavy atom. The minimum Gasteiger partial charge on any atom is -0.353 e. The van der Waals surface area contributed by atoms with E-state index in [0.29, 0.717) is 5.82 Å². The summed E-state index contributed by atoms with van der Waals surface area (Å²) < 4.78 is 6.50. The van der Waals surface area contributed by atoms with E-state index in [2.05, 4.69) is 20.5 Å². The number of aryl methyl sites for hydroxylation is 3. The lowest BCUT2D eigenvalue weighted by Crippen LogP contribution is -2.38. The molecule has 13 nitrogen and oxygen atoms in total. The molecule has 4 heterocycles. The molecule has 0 spiro atoms. The third-order valence-electron chi connectivity index (χ3n) is 5.26. The van der Waals surface area contributed by atoms with Crippen molar-refractivity contribution in [2.75, 3.05) is 6.54 Å². The molecule has 4 aromatic heterocycles. The third-order valence-corrected chi connectivity index (χ3v) is 5.26. The van der Waals surface area contributed by atoms with Gasteiger partial charge in [0.2, 0.25) is 5.91 Å². The maximum absolute atomic E-state index is 12.5. The fourth-order valence-electron chi connectivity index (χ4n) is 3.60. The van der Waals surface area contributed by atoms with E-state index < -0.39 is 11.2 Å². The maximum atomic E-state index is 12.5. The number of rotatable bonds is 6. The summed E-state index contributed by atoms with van der Waals surface area (Å²) >= 11 is 0. The number of hydrogen-bond acceptors (Lipinski definition) is 7. The number of amides is 1. The van der Waals surface area contributed by atoms with Crippen LogP contribution in [0.15, 0.2) is 38.9 Å². The maximum Gasteiger partial charge on any atom is 0.332 e. The SMILES string of the molecule is Cc1cc(C)n(-c2ccc(=O)n(CCNC(=O)Cn3cnc4c3c(=O)n(C)c(=O)n4C)n2)n1. The van der Waals surface area contributed by atoms with E-state index in [9.17, 15) is 19.2 Å². The molecule has 1 N–H and O–H groups in total. The van der Waals surface area contributed by atoms with Gasteiger partial charge < -0.3 is 9.88 Å². The second kappa shape index (κ2) is 8.33. The van der Waals surface area contributed by atoms with Crippen molar-refractivity contribution in [1.29, 1.82) is 0 Å². The highest BCUT2D eigenvalue weighted by molar-refractivity contribution is 5.78. The van der Waals surface area contributed by atoms with Crippen molar-refractivity contribution in [3.05, 3.63) is 67.1 Å². The molecule has 0 aliphatic rings. The van der Waals surface area contributed by atoms with Gasteiger partial charge in [-0.15, -0.1) is 5.10 Å². The number of aromatic nitrogens is 8. The quantitative estimate of drug-likeness (QED) is 0.378. The molecule has 0 fully saturated rings. The standard InChI is InChI=1S/C20H23N9O4/c1-12-9-13(2)29(23-12)14-5-6-16(31)28(24-14)8-7-21-15(30)10-27-11-22-18-17(27)19(32)26(4)20(33)25(18)3/h5-6,9,11H,7-8,10H2,1-4H3,(H,21,30). The van der Waals surface area contributed by atoms with Crippen molar-refractivity contribution in [3.8, 4) is 5.82 Å². The van der Waals surface area contributed by atoms with E-state index in [0.717, 1.165) is 16.0 Å². The van der Waals surface area contributed by atoms with E-state index in [1.54, 1.807) is 10.7 Å². The lowest BCUT2D eigenvalue weighted by atomic mass is 10.4. The lowest BCUT2D eigenvalue weighted by molar-refractivity contribution is -0.121. The summed E-state index contributed by atoms with van der Waals surface area (Å²) in [5, 5.41) is 11.4. The Morgan fingerprint density at radius 1 is 1.06 bits per heavy atom. The predicted octanol–water partition coefficient (Wildman–Crippen LogP) is -1.39. The van der Waals surface area contributed by atoms with Gasteiger partial charge in [0.25, 0.3) is 11.1 Å². The van der Waals surface area contributed by atoms with Gasteiger partial charge in [-0.25, -0.2) is 19.1 Å². The summed E-state index contributed by atoms with van der Waals surface area (Å²) in [6.45, 7) is 3.89. The fourth-order valence-corrected chi connectivity index (χ4v) is 3.60. The Labute approximate surface area is 186 Å². The van der Waals surface area contributed by atoms with Crippen LogP contribution in [0, 0.1) is 13.8 Å². The lowest BCUT2D eigenvalue weighted by Gasteiger charge is -2.10. The number of nitrogens with zero attached hydrogens (tertiary/aromatic N) is 8. The van der Waals surface area contributed by atoms with Gasteiger partial charge in [-0.3, -0.25) is 23.5 Å². The number of carbonyl (C=O) groups excluding carboxylic acids is 1. The molecule has 0 bridgehead atoms. The monoisotopic (exact) mass is 453 g/mol. The molecule has 13 heteroatoms. The molecule has 1 amide bonds. The van der Waals surface area contributed by atoms with Crippen LogP contribution in [-0.2, 0) is 32.0 Å². The van der Waals surface area contributed by atoms with Crippen molar-refractivity contribution >= 4 is 17.1 Å². The number of carbonyl (C=O) groups is 1. The molecule has 0 saturated carbocycles. The molecule has 4 aromatic rings. The van der Waals surface area contributed by atoms with Crippen LogP contribution >= 0.6 is 0 Å². The Bertz CT molecular complexity index is 1550. The first-order chi connectivity index (χ1) is 15.7. The van der Waals surface area contributed by atoms with Gasteiger partial charge >= 0.3 is 5.69 Å². The third kappa shape index (κ3) is 4.00. The molecule has 0 aliphatic heterocycles. The van der Waals surface area contributed by atoms with E-state index >= 15 is 0 Å². The van der Waals surface area contributed by atoms with Crippen LogP contribution in [0.2, 0.25) is 0 Å². The Balaban J connectivity index is 1.46. The molecule has 172 valence electrons. The molecule has 0 unspecified atom stereocenters. The van der Waals surface area contributed by atoms with Crippen LogP contribution in [0.4, 0.5) is 0 Å². The smallest absolute Gasteiger partial charge is 0.332 e. The van der Waals surface area contributed by atoms with E-state index in [4.69, 9.17) is 0 Å². The van der Waals surface area contributed by atoms with Crippen LogP contribution in [-0.4, -0.2) is 50.7 Å². The Kier molecular flexibility index (Phi) is 5.54. The molecule has 4 rings (SSSR count). The number of nitrogens with one attached hydrogen (secondary N) is 1. The summed E-state index contributed by atoms with van der Waals surface area (Å²) in [4.78, 5) is 53.2. The van der Waals surface area contributed by atoms with Crippen molar-refractivity contribution in [2.45, 2.75) is 26.9 Å². The second-order valence-corrected chi connectivity index (χ2v) is 7.69. The van der Waals surface area contributed by atoms with Gasteiger partial charge in [0, 0.05) is 32.4 Å². The first-order valence-electron chi connectivity index (χ1n) is 10.2. The molecule has 0 saturated heterocycles. The average Bonchev–Trinajstić information content (AvgIpc) is 3.34. The molecular formula is C20H23N9O4. The zero-order chi connectivity index (χ0) is 23.9. The van der Waals surface area contributed by atoms with Crippen molar-refractivity contribution in [3.63, 3.8) is 0 Å². The van der Waals surface area contributed by atoms with Crippen LogP contribution < -0.4 is 22.1 Å². The van der Waals surface area contributed by atoms with Gasteiger partial charge in [-0.1, -0.05) is 0 Å². The highest BCUT2D eigenvalue weighted by atomic mass is 16.2. The topological polar surface area (TPSA) is 144 Å². The van der Waals surface area contributed by atoms with Crippen molar-refractivity contribution in [1.82, 2.24) is 43.6 Å². The van der Waals surface area contributed by atoms with Crippen molar-refractivity contribution in [2.24, 2.45) is 14.1 Å². The first-order valence-corrected chi connectivity index (χ1v) is 10.2. The van der Waals surface area contributed by atoms with E-state index in [-0.39, 0.29) is 42.3 Å². The summed E-state index contributed by atoms with van der Waals surface area (Å²) in [6.07, 6.45) is 1.34. The average molecular weight is 453 g/mol. The minimum atomic E-state index is -0.532. The normalized spacial score (nSPS) is 11.3. The van der Waals surface area contributed by atoms with Crippen LogP contribution in [0.3, 0.4) is 0 Å². The number of fused-ring (bicyclic) bond motifs is 1. The van der Waals surface area contributed by atoms with Gasteiger partial charge in [-0.2, -0.15) is 5.10 Å². The highest BCUT2D eigenvalue weighted by Gasteiger charge is 2.16. The van der Waals surface area contributed by atoms with Crippen LogP contribution in [0.5, 0.6) is 0 Å². The molecule has 0 radical (unpaired) electrons. The van der Waals surface area contributed by atoms with Crippen LogP contribution in [0.1, 0.15) is 11.4 Å². The molecule has 0 atom stereocenters. The molecule has 0 aliphatic carbocycles. The summed E-state index contributed by atoms with van der Waals surface area (Å²) in [6, 6.07) is 4.90. The largest absolute Gasteiger partial charge is 0.353 e. The predicted molar refractivity (Wildman–Crippen MR) is 118 cm³/mol. The number of hydrogen-bond donors (Lipinski definition) is 1. The first kappa shape index (κ1) is 21.9. The molecule has 33 heavy (non-hydrogen) atoms. The Morgan fingerprint density at radius 3 is 2.52 bits per heavy atom. The highest BCUT2D eigenvalue weighted by Crippen LogP contribution is 2.08. The summed E-state index contributed by atoms with van der Waals surface area (Å²) in [7, 11) is 2.87. The summed E-state index contributed by atoms with van der Waals surface area (Å²) in [5.74, 6) is 0.117. The van der Waals surface area contributed by atoms with Gasteiger partial charge in [0.15, 0.2) is 17.0 Å². The zero-order valence-electron chi connectivity index (χ0n) is 18.6. The van der Waals surface area contributed by atoms with E-state index in [1.165, 1.54) is 40.3 Å². The van der Waals surface area contributed by atoms with Gasteiger partial charge in [-0.05, 0) is 26.0 Å². The second-order valence-electron chi connectivity index (χ2n) is 7.69. The summed E-state index contributed by atoms with van der Waals surface area (Å²) in [5.41, 5.74) is 0.742.